The Bertz CT molecular complexity index is 1560. The van der Waals surface area contributed by atoms with Gasteiger partial charge in [-0.1, -0.05) is 11.6 Å². The SMILES string of the molecule is CCOC(=O)c1c(C)oc2ccc(N(C(=O)c3ccc(Cl)cc3)S(=O)(=O)c3ccc(OCC)cc3)cc12. The lowest BCUT2D eigenvalue weighted by atomic mass is 10.1. The standard InChI is InChI=1S/C27H24ClNO7S/c1-4-34-21-11-13-22(14-12-21)37(32,33)29(26(30)18-6-8-19(28)9-7-18)20-10-15-24-23(16-20)25(17(3)36-24)27(31)35-5-2/h6-16H,4-5H2,1-3H3. The molecule has 8 nitrogen and oxygen atoms in total. The molecule has 0 aliphatic carbocycles. The molecule has 1 amide bonds. The summed E-state index contributed by atoms with van der Waals surface area (Å²) in [7, 11) is -4.40. The number of hydrogen-bond acceptors (Lipinski definition) is 7. The maximum atomic E-state index is 13.9. The van der Waals surface area contributed by atoms with Crippen LogP contribution >= 0.6 is 11.6 Å². The van der Waals surface area contributed by atoms with Crippen LogP contribution in [-0.2, 0) is 14.8 Å². The van der Waals surface area contributed by atoms with Crippen molar-refractivity contribution < 1.29 is 31.9 Å². The third-order valence-corrected chi connectivity index (χ3v) is 7.49. The van der Waals surface area contributed by atoms with Crippen LogP contribution in [0.3, 0.4) is 0 Å². The number of hydrogen-bond donors (Lipinski definition) is 0. The third-order valence-electron chi connectivity index (χ3n) is 5.51. The fourth-order valence-electron chi connectivity index (χ4n) is 3.85. The molecule has 0 bridgehead atoms. The van der Waals surface area contributed by atoms with Gasteiger partial charge >= 0.3 is 5.97 Å². The van der Waals surface area contributed by atoms with Crippen molar-refractivity contribution in [2.45, 2.75) is 25.7 Å². The Hall–Kier alpha value is -3.82. The van der Waals surface area contributed by atoms with E-state index in [0.29, 0.717) is 38.4 Å². The van der Waals surface area contributed by atoms with Gasteiger partial charge in [-0.25, -0.2) is 13.2 Å². The number of amides is 1. The summed E-state index contributed by atoms with van der Waals surface area (Å²) in [4.78, 5) is 26.2. The van der Waals surface area contributed by atoms with E-state index >= 15 is 0 Å². The zero-order valence-electron chi connectivity index (χ0n) is 20.4. The first-order valence-corrected chi connectivity index (χ1v) is 13.3. The Morgan fingerprint density at radius 3 is 2.24 bits per heavy atom. The number of carbonyl (C=O) groups excluding carboxylic acids is 2. The van der Waals surface area contributed by atoms with E-state index in [-0.39, 0.29) is 28.3 Å². The summed E-state index contributed by atoms with van der Waals surface area (Å²) in [5.41, 5.74) is 0.637. The molecular formula is C27H24ClNO7S. The van der Waals surface area contributed by atoms with E-state index in [4.69, 9.17) is 25.5 Å². The normalized spacial score (nSPS) is 11.4. The van der Waals surface area contributed by atoms with Gasteiger partial charge in [0.15, 0.2) is 0 Å². The Kier molecular flexibility index (Phi) is 7.56. The Morgan fingerprint density at radius 2 is 1.62 bits per heavy atom. The van der Waals surface area contributed by atoms with Crippen LogP contribution in [0.4, 0.5) is 5.69 Å². The maximum absolute atomic E-state index is 13.9. The number of sulfonamides is 1. The average molecular weight is 542 g/mol. The monoisotopic (exact) mass is 541 g/mol. The molecule has 0 N–H and O–H groups in total. The predicted molar refractivity (Wildman–Crippen MR) is 140 cm³/mol. The van der Waals surface area contributed by atoms with E-state index in [1.165, 1.54) is 66.7 Å². The highest BCUT2D eigenvalue weighted by atomic mass is 35.5. The molecular weight excluding hydrogens is 518 g/mol. The van der Waals surface area contributed by atoms with Crippen LogP contribution < -0.4 is 9.04 Å². The molecule has 0 aliphatic rings. The third kappa shape index (κ3) is 5.19. The molecule has 0 unspecified atom stereocenters. The average Bonchev–Trinajstić information content (AvgIpc) is 3.20. The number of furan rings is 1. The fraction of sp³-hybridized carbons (Fsp3) is 0.185. The van der Waals surface area contributed by atoms with Gasteiger partial charge in [-0.3, -0.25) is 4.79 Å². The largest absolute Gasteiger partial charge is 0.494 e. The second kappa shape index (κ2) is 10.7. The van der Waals surface area contributed by atoms with Gasteiger partial charge in [-0.05, 0) is 87.5 Å². The van der Waals surface area contributed by atoms with Gasteiger partial charge in [0.05, 0.1) is 23.8 Å². The van der Waals surface area contributed by atoms with Crippen molar-refractivity contribution in [2.75, 3.05) is 17.5 Å². The Morgan fingerprint density at radius 1 is 0.946 bits per heavy atom. The first kappa shape index (κ1) is 26.2. The zero-order chi connectivity index (χ0) is 26.7. The lowest BCUT2D eigenvalue weighted by molar-refractivity contribution is 0.0526. The number of rotatable bonds is 8. The van der Waals surface area contributed by atoms with Crippen LogP contribution in [0.25, 0.3) is 11.0 Å². The lowest BCUT2D eigenvalue weighted by Gasteiger charge is -2.23. The van der Waals surface area contributed by atoms with Crippen LogP contribution in [0.1, 0.15) is 40.3 Å². The molecule has 4 rings (SSSR count). The minimum atomic E-state index is -4.40. The van der Waals surface area contributed by atoms with Crippen molar-refractivity contribution >= 4 is 50.2 Å². The highest BCUT2D eigenvalue weighted by molar-refractivity contribution is 7.93. The van der Waals surface area contributed by atoms with E-state index in [2.05, 4.69) is 0 Å². The lowest BCUT2D eigenvalue weighted by Crippen LogP contribution is -2.37. The van der Waals surface area contributed by atoms with E-state index in [1.54, 1.807) is 13.8 Å². The van der Waals surface area contributed by atoms with Gasteiger partial charge in [0, 0.05) is 16.0 Å². The summed E-state index contributed by atoms with van der Waals surface area (Å²) in [6, 6.07) is 16.0. The quantitative estimate of drug-likeness (QED) is 0.252. The molecule has 10 heteroatoms. The number of halogens is 1. The number of nitrogens with zero attached hydrogens (tertiary/aromatic N) is 1. The summed E-state index contributed by atoms with van der Waals surface area (Å²) in [5.74, 6) is -0.606. The number of fused-ring (bicyclic) bond motifs is 1. The van der Waals surface area contributed by atoms with Crippen LogP contribution in [0.2, 0.25) is 5.02 Å². The molecule has 0 saturated carbocycles. The van der Waals surface area contributed by atoms with Crippen molar-refractivity contribution in [3.05, 3.63) is 88.6 Å². The number of carbonyl (C=O) groups is 2. The number of ether oxygens (including phenoxy) is 2. The molecule has 3 aromatic carbocycles. The van der Waals surface area contributed by atoms with Gasteiger partial charge < -0.3 is 13.9 Å². The second-order valence-corrected chi connectivity index (χ2v) is 10.1. The van der Waals surface area contributed by atoms with Crippen LogP contribution in [0.5, 0.6) is 5.75 Å². The number of aryl methyl sites for hydroxylation is 1. The highest BCUT2D eigenvalue weighted by Gasteiger charge is 2.33. The van der Waals surface area contributed by atoms with Crippen LogP contribution in [0.15, 0.2) is 76.0 Å². The van der Waals surface area contributed by atoms with E-state index in [1.807, 2.05) is 6.92 Å². The van der Waals surface area contributed by atoms with Crippen molar-refractivity contribution in [3.63, 3.8) is 0 Å². The molecule has 4 aromatic rings. The van der Waals surface area contributed by atoms with Crippen molar-refractivity contribution in [2.24, 2.45) is 0 Å². The molecule has 0 spiro atoms. The van der Waals surface area contributed by atoms with Gasteiger partial charge in [-0.15, -0.1) is 0 Å². The topological polar surface area (TPSA) is 103 Å². The number of benzene rings is 3. The number of anilines is 1. The predicted octanol–water partition coefficient (Wildman–Crippen LogP) is 6.01. The maximum Gasteiger partial charge on any atom is 0.342 e. The molecule has 1 aromatic heterocycles. The Labute approximate surface area is 219 Å². The smallest absolute Gasteiger partial charge is 0.342 e. The molecule has 0 atom stereocenters. The summed E-state index contributed by atoms with van der Waals surface area (Å²) in [5, 5.41) is 0.719. The minimum Gasteiger partial charge on any atom is -0.494 e. The van der Waals surface area contributed by atoms with Gasteiger partial charge in [-0.2, -0.15) is 4.31 Å². The first-order chi connectivity index (χ1) is 17.7. The summed E-state index contributed by atoms with van der Waals surface area (Å²) in [6.07, 6.45) is 0. The van der Waals surface area contributed by atoms with Crippen LogP contribution in [-0.4, -0.2) is 33.5 Å². The van der Waals surface area contributed by atoms with E-state index in [0.717, 1.165) is 0 Å². The Balaban J connectivity index is 1.90. The first-order valence-electron chi connectivity index (χ1n) is 11.5. The molecule has 0 fully saturated rings. The van der Waals surface area contributed by atoms with E-state index < -0.39 is 21.9 Å². The number of esters is 1. The van der Waals surface area contributed by atoms with Gasteiger partial charge in [0.1, 0.15) is 22.7 Å². The zero-order valence-corrected chi connectivity index (χ0v) is 21.9. The van der Waals surface area contributed by atoms with Crippen molar-refractivity contribution in [3.8, 4) is 5.75 Å². The highest BCUT2D eigenvalue weighted by Crippen LogP contribution is 2.34. The summed E-state index contributed by atoms with van der Waals surface area (Å²) >= 11 is 5.97. The van der Waals surface area contributed by atoms with Crippen molar-refractivity contribution in [1.29, 1.82) is 0 Å². The summed E-state index contributed by atoms with van der Waals surface area (Å²) in [6.45, 7) is 5.67. The molecule has 0 aliphatic heterocycles. The van der Waals surface area contributed by atoms with E-state index in [9.17, 15) is 18.0 Å². The minimum absolute atomic E-state index is 0.0210. The van der Waals surface area contributed by atoms with Crippen molar-refractivity contribution in [1.82, 2.24) is 0 Å². The molecule has 192 valence electrons. The second-order valence-electron chi connectivity index (χ2n) is 7.92. The van der Waals surface area contributed by atoms with Gasteiger partial charge in [0.2, 0.25) is 0 Å². The van der Waals surface area contributed by atoms with Gasteiger partial charge in [0.25, 0.3) is 15.9 Å². The fourth-order valence-corrected chi connectivity index (χ4v) is 5.38. The summed E-state index contributed by atoms with van der Waals surface area (Å²) < 4.78 is 44.7. The molecule has 0 radical (unpaired) electrons. The van der Waals surface area contributed by atoms with Crippen LogP contribution in [0, 0.1) is 6.92 Å². The molecule has 1 heterocycles. The molecule has 37 heavy (non-hydrogen) atoms. The molecule has 0 saturated heterocycles.